The van der Waals surface area contributed by atoms with Crippen LogP contribution in [0, 0.1) is 23.7 Å². The summed E-state index contributed by atoms with van der Waals surface area (Å²) in [6.45, 7) is 7.92. The van der Waals surface area contributed by atoms with Gasteiger partial charge in [0.25, 0.3) is 0 Å². The molecule has 5 atom stereocenters. The van der Waals surface area contributed by atoms with Gasteiger partial charge in [-0.1, -0.05) is 19.1 Å². The van der Waals surface area contributed by atoms with E-state index >= 15 is 0 Å². The van der Waals surface area contributed by atoms with Gasteiger partial charge in [0.05, 0.1) is 19.1 Å². The summed E-state index contributed by atoms with van der Waals surface area (Å²) in [4.78, 5) is 29.0. The molecule has 1 heterocycles. The summed E-state index contributed by atoms with van der Waals surface area (Å²) in [5, 5.41) is 11.0. The highest BCUT2D eigenvalue weighted by molar-refractivity contribution is 6.01. The molecule has 1 aromatic rings. The van der Waals surface area contributed by atoms with Crippen LogP contribution in [0.4, 0.5) is 0 Å². The number of esters is 1. The van der Waals surface area contributed by atoms with Gasteiger partial charge in [-0.05, 0) is 67.2 Å². The lowest BCUT2D eigenvalue weighted by molar-refractivity contribution is -0.136. The Morgan fingerprint density at radius 2 is 2.00 bits per heavy atom. The molecule has 0 unspecified atom stereocenters. The van der Waals surface area contributed by atoms with Crippen LogP contribution >= 0.6 is 0 Å². The SMILES string of the molecule is C=C(C(=O)OC)[C@@H]1CC[C@H](C)[C@H]2C(=C(C)C(=O)[C@@H]2[C@@H](O)c2ccncc2)C1. The Labute approximate surface area is 160 Å². The highest BCUT2D eigenvalue weighted by atomic mass is 16.5. The van der Waals surface area contributed by atoms with Crippen molar-refractivity contribution in [2.24, 2.45) is 23.7 Å². The van der Waals surface area contributed by atoms with Crippen molar-refractivity contribution in [2.45, 2.75) is 39.2 Å². The van der Waals surface area contributed by atoms with E-state index in [0.29, 0.717) is 17.6 Å². The van der Waals surface area contributed by atoms with E-state index < -0.39 is 12.0 Å². The van der Waals surface area contributed by atoms with Crippen LogP contribution in [0.3, 0.4) is 0 Å². The molecule has 2 aliphatic rings. The predicted molar refractivity (Wildman–Crippen MR) is 102 cm³/mol. The molecule has 3 rings (SSSR count). The Kier molecular flexibility index (Phi) is 5.61. The molecule has 0 spiro atoms. The Hall–Kier alpha value is -2.27. The van der Waals surface area contributed by atoms with Crippen LogP contribution in [0.2, 0.25) is 0 Å². The number of hydrogen-bond acceptors (Lipinski definition) is 5. The van der Waals surface area contributed by atoms with Crippen molar-refractivity contribution in [3.8, 4) is 0 Å². The molecule has 5 nitrogen and oxygen atoms in total. The van der Waals surface area contributed by atoms with Crippen LogP contribution in [0.5, 0.6) is 0 Å². The second-order valence-corrected chi connectivity index (χ2v) is 7.76. The molecule has 1 aromatic heterocycles. The number of carbonyl (C=O) groups is 2. The largest absolute Gasteiger partial charge is 0.466 e. The van der Waals surface area contributed by atoms with Gasteiger partial charge in [0.1, 0.15) is 0 Å². The number of rotatable bonds is 4. The summed E-state index contributed by atoms with van der Waals surface area (Å²) in [7, 11) is 1.36. The number of aliphatic hydroxyl groups is 1. The summed E-state index contributed by atoms with van der Waals surface area (Å²) >= 11 is 0. The third-order valence-corrected chi connectivity index (χ3v) is 6.32. The number of nitrogens with zero attached hydrogens (tertiary/aromatic N) is 1. The molecular formula is C22H27NO4. The lowest BCUT2D eigenvalue weighted by Gasteiger charge is -2.29. The first-order chi connectivity index (χ1) is 12.9. The fourth-order valence-corrected chi connectivity index (χ4v) is 4.74. The summed E-state index contributed by atoms with van der Waals surface area (Å²) in [5.41, 5.74) is 2.98. The maximum atomic E-state index is 13.1. The maximum absolute atomic E-state index is 13.1. The van der Waals surface area contributed by atoms with E-state index in [1.54, 1.807) is 24.5 Å². The maximum Gasteiger partial charge on any atom is 0.333 e. The number of carbonyl (C=O) groups excluding carboxylic acids is 2. The zero-order valence-electron chi connectivity index (χ0n) is 16.1. The van der Waals surface area contributed by atoms with E-state index in [4.69, 9.17) is 4.74 Å². The van der Waals surface area contributed by atoms with E-state index in [1.165, 1.54) is 7.11 Å². The molecule has 27 heavy (non-hydrogen) atoms. The van der Waals surface area contributed by atoms with Crippen molar-refractivity contribution in [3.63, 3.8) is 0 Å². The number of hydrogen-bond donors (Lipinski definition) is 1. The minimum Gasteiger partial charge on any atom is -0.466 e. The standard InChI is InChI=1S/C22H27NO4/c1-12-5-6-16(13(2)22(26)27-4)11-17-14(3)20(24)19(18(12)17)21(25)15-7-9-23-10-8-15/h7-10,12,16,18-19,21,25H,2,5-6,11H2,1,3-4H3/t12-,16+,18-,19+,21-/m0/s1. The van der Waals surface area contributed by atoms with Crippen molar-refractivity contribution in [3.05, 3.63) is 53.4 Å². The topological polar surface area (TPSA) is 76.5 Å². The molecule has 1 N–H and O–H groups in total. The number of ketones is 1. The molecule has 0 aromatic carbocycles. The van der Waals surface area contributed by atoms with Gasteiger partial charge in [0, 0.05) is 18.0 Å². The van der Waals surface area contributed by atoms with Crippen LogP contribution in [0.15, 0.2) is 47.8 Å². The quantitative estimate of drug-likeness (QED) is 0.650. The Bertz CT molecular complexity index is 783. The molecule has 2 aliphatic carbocycles. The molecule has 0 radical (unpaired) electrons. The first kappa shape index (κ1) is 19.5. The zero-order valence-corrected chi connectivity index (χ0v) is 16.1. The highest BCUT2D eigenvalue weighted by Gasteiger charge is 2.48. The van der Waals surface area contributed by atoms with Crippen molar-refractivity contribution in [1.82, 2.24) is 4.98 Å². The van der Waals surface area contributed by atoms with Crippen LogP contribution in [-0.2, 0) is 14.3 Å². The van der Waals surface area contributed by atoms with Crippen LogP contribution in [0.25, 0.3) is 0 Å². The Balaban J connectivity index is 1.93. The van der Waals surface area contributed by atoms with Gasteiger partial charge in [0.2, 0.25) is 0 Å². The molecule has 1 fully saturated rings. The van der Waals surface area contributed by atoms with Gasteiger partial charge >= 0.3 is 5.97 Å². The molecule has 0 bridgehead atoms. The lowest BCUT2D eigenvalue weighted by Crippen LogP contribution is -2.29. The monoisotopic (exact) mass is 369 g/mol. The molecular weight excluding hydrogens is 342 g/mol. The molecule has 0 saturated heterocycles. The van der Waals surface area contributed by atoms with Gasteiger partial charge in [-0.15, -0.1) is 0 Å². The fraction of sp³-hybridized carbons (Fsp3) is 0.500. The first-order valence-corrected chi connectivity index (χ1v) is 9.45. The zero-order chi connectivity index (χ0) is 19.7. The molecule has 1 saturated carbocycles. The van der Waals surface area contributed by atoms with Crippen molar-refractivity contribution >= 4 is 11.8 Å². The molecule has 144 valence electrons. The third-order valence-electron chi connectivity index (χ3n) is 6.32. The van der Waals surface area contributed by atoms with E-state index in [0.717, 1.165) is 24.0 Å². The van der Waals surface area contributed by atoms with Crippen molar-refractivity contribution in [2.75, 3.05) is 7.11 Å². The fourth-order valence-electron chi connectivity index (χ4n) is 4.74. The molecule has 0 aliphatic heterocycles. The van der Waals surface area contributed by atoms with Crippen LogP contribution in [0.1, 0.15) is 44.8 Å². The minimum atomic E-state index is -0.860. The predicted octanol–water partition coefficient (Wildman–Crippen LogP) is 3.41. The third kappa shape index (κ3) is 3.48. The Morgan fingerprint density at radius 1 is 1.33 bits per heavy atom. The Morgan fingerprint density at radius 3 is 2.63 bits per heavy atom. The van der Waals surface area contributed by atoms with Gasteiger partial charge in [-0.2, -0.15) is 0 Å². The number of Topliss-reactive ketones (excluding diaryl/α,β-unsaturated/α-hetero) is 1. The van der Waals surface area contributed by atoms with E-state index in [9.17, 15) is 14.7 Å². The number of allylic oxidation sites excluding steroid dienone is 2. The number of ether oxygens (including phenoxy) is 1. The summed E-state index contributed by atoms with van der Waals surface area (Å²) < 4.78 is 4.84. The second kappa shape index (κ2) is 7.77. The number of pyridine rings is 1. The summed E-state index contributed by atoms with van der Waals surface area (Å²) in [6.07, 6.45) is 4.72. The van der Waals surface area contributed by atoms with Crippen LogP contribution < -0.4 is 0 Å². The smallest absolute Gasteiger partial charge is 0.333 e. The molecule has 0 amide bonds. The number of methoxy groups -OCH3 is 1. The number of aliphatic hydroxyl groups excluding tert-OH is 1. The average molecular weight is 369 g/mol. The van der Waals surface area contributed by atoms with Gasteiger partial charge < -0.3 is 9.84 Å². The average Bonchev–Trinajstić information content (AvgIpc) is 2.82. The van der Waals surface area contributed by atoms with Crippen molar-refractivity contribution in [1.29, 1.82) is 0 Å². The minimum absolute atomic E-state index is 0.00972. The number of aromatic nitrogens is 1. The normalized spacial score (nSPS) is 29.1. The summed E-state index contributed by atoms with van der Waals surface area (Å²) in [6, 6.07) is 3.52. The van der Waals surface area contributed by atoms with Crippen molar-refractivity contribution < 1.29 is 19.4 Å². The van der Waals surface area contributed by atoms with Gasteiger partial charge in [-0.3, -0.25) is 9.78 Å². The highest BCUT2D eigenvalue weighted by Crippen LogP contribution is 2.51. The van der Waals surface area contributed by atoms with Gasteiger partial charge in [0.15, 0.2) is 5.78 Å². The van der Waals surface area contributed by atoms with Crippen LogP contribution in [-0.4, -0.2) is 29.0 Å². The number of fused-ring (bicyclic) bond motifs is 1. The first-order valence-electron chi connectivity index (χ1n) is 9.45. The molecule has 5 heteroatoms. The van der Waals surface area contributed by atoms with E-state index in [2.05, 4.69) is 18.5 Å². The summed E-state index contributed by atoms with van der Waals surface area (Å²) in [5.74, 6) is -0.672. The van der Waals surface area contributed by atoms with E-state index in [1.807, 2.05) is 6.92 Å². The second-order valence-electron chi connectivity index (χ2n) is 7.76. The van der Waals surface area contributed by atoms with E-state index in [-0.39, 0.29) is 29.5 Å². The van der Waals surface area contributed by atoms with Gasteiger partial charge in [-0.25, -0.2) is 4.79 Å². The lowest BCUT2D eigenvalue weighted by atomic mass is 9.76.